The van der Waals surface area contributed by atoms with E-state index in [9.17, 15) is 4.79 Å². The van der Waals surface area contributed by atoms with Crippen LogP contribution in [-0.2, 0) is 0 Å². The highest BCUT2D eigenvalue weighted by Crippen LogP contribution is 2.37. The molecule has 0 aliphatic heterocycles. The number of rotatable bonds is 7. The molecule has 1 aromatic heterocycles. The van der Waals surface area contributed by atoms with Crippen LogP contribution in [0.3, 0.4) is 0 Å². The molecule has 5 nitrogen and oxygen atoms in total. The maximum Gasteiger partial charge on any atom is 0.290 e. The van der Waals surface area contributed by atoms with E-state index in [-0.39, 0.29) is 11.7 Å². The third kappa shape index (κ3) is 3.73. The van der Waals surface area contributed by atoms with Crippen molar-refractivity contribution in [2.24, 2.45) is 0 Å². The van der Waals surface area contributed by atoms with Crippen molar-refractivity contribution in [3.05, 3.63) is 11.6 Å². The first-order valence-corrected chi connectivity index (χ1v) is 7.25. The lowest BCUT2D eigenvalue weighted by atomic mass is 10.4. The van der Waals surface area contributed by atoms with E-state index in [1.807, 2.05) is 11.8 Å². The van der Waals surface area contributed by atoms with E-state index in [0.29, 0.717) is 12.5 Å². The standard InChI is InChI=1S/C11H18N4OS/c1-2-17-7-3-6-12-11(16)10-13-9(14-15-10)8-4-5-8/h8H,2-7H2,1H3,(H,12,16)(H,13,14,15). The number of aromatic amines is 1. The molecule has 2 N–H and O–H groups in total. The largest absolute Gasteiger partial charge is 0.349 e. The van der Waals surface area contributed by atoms with E-state index in [2.05, 4.69) is 27.4 Å². The Balaban J connectivity index is 1.70. The Kier molecular flexibility index (Phi) is 4.42. The summed E-state index contributed by atoms with van der Waals surface area (Å²) in [6.45, 7) is 2.83. The highest BCUT2D eigenvalue weighted by atomic mass is 32.2. The number of nitrogens with one attached hydrogen (secondary N) is 2. The smallest absolute Gasteiger partial charge is 0.290 e. The monoisotopic (exact) mass is 254 g/mol. The van der Waals surface area contributed by atoms with Gasteiger partial charge >= 0.3 is 0 Å². The molecule has 1 fully saturated rings. The molecule has 0 spiro atoms. The van der Waals surface area contributed by atoms with Crippen molar-refractivity contribution in [1.29, 1.82) is 0 Å². The molecule has 1 heterocycles. The van der Waals surface area contributed by atoms with Gasteiger partial charge in [-0.2, -0.15) is 11.8 Å². The lowest BCUT2D eigenvalue weighted by Gasteiger charge is -2.01. The van der Waals surface area contributed by atoms with Gasteiger partial charge in [0.1, 0.15) is 5.82 Å². The van der Waals surface area contributed by atoms with Gasteiger partial charge in [-0.1, -0.05) is 6.92 Å². The zero-order valence-electron chi connectivity index (χ0n) is 10.0. The lowest BCUT2D eigenvalue weighted by molar-refractivity contribution is 0.0944. The number of carbonyl (C=O) groups excluding carboxylic acids is 1. The summed E-state index contributed by atoms with van der Waals surface area (Å²) >= 11 is 1.88. The molecule has 0 atom stereocenters. The molecule has 1 saturated carbocycles. The van der Waals surface area contributed by atoms with Crippen LogP contribution in [0.2, 0.25) is 0 Å². The molecule has 1 aromatic rings. The van der Waals surface area contributed by atoms with Gasteiger partial charge in [-0.3, -0.25) is 9.89 Å². The van der Waals surface area contributed by atoms with Crippen LogP contribution >= 0.6 is 11.8 Å². The summed E-state index contributed by atoms with van der Waals surface area (Å²) < 4.78 is 0. The van der Waals surface area contributed by atoms with Crippen molar-refractivity contribution in [2.75, 3.05) is 18.1 Å². The van der Waals surface area contributed by atoms with E-state index >= 15 is 0 Å². The average molecular weight is 254 g/mol. The number of aromatic nitrogens is 3. The van der Waals surface area contributed by atoms with E-state index in [0.717, 1.165) is 36.6 Å². The Morgan fingerprint density at radius 3 is 3.12 bits per heavy atom. The molecule has 94 valence electrons. The van der Waals surface area contributed by atoms with E-state index in [1.54, 1.807) is 0 Å². The summed E-state index contributed by atoms with van der Waals surface area (Å²) in [5.41, 5.74) is 0. The number of amides is 1. The van der Waals surface area contributed by atoms with E-state index in [1.165, 1.54) is 0 Å². The highest BCUT2D eigenvalue weighted by Gasteiger charge is 2.28. The van der Waals surface area contributed by atoms with Crippen LogP contribution in [0, 0.1) is 0 Å². The fourth-order valence-electron chi connectivity index (χ4n) is 1.51. The third-order valence-corrected chi connectivity index (χ3v) is 3.61. The first-order valence-electron chi connectivity index (χ1n) is 6.09. The summed E-state index contributed by atoms with van der Waals surface area (Å²) in [7, 11) is 0. The third-order valence-electron chi connectivity index (χ3n) is 2.62. The molecule has 6 heteroatoms. The molecule has 17 heavy (non-hydrogen) atoms. The molecule has 1 aliphatic rings. The molecule has 1 aliphatic carbocycles. The minimum Gasteiger partial charge on any atom is -0.349 e. The lowest BCUT2D eigenvalue weighted by Crippen LogP contribution is -2.25. The highest BCUT2D eigenvalue weighted by molar-refractivity contribution is 7.99. The summed E-state index contributed by atoms with van der Waals surface area (Å²) in [5, 5.41) is 9.61. The average Bonchev–Trinajstić information content (AvgIpc) is 3.07. The van der Waals surface area contributed by atoms with Crippen LogP contribution in [0.4, 0.5) is 0 Å². The molecular formula is C11H18N4OS. The Hall–Kier alpha value is -1.04. The number of hydrogen-bond donors (Lipinski definition) is 2. The van der Waals surface area contributed by atoms with Gasteiger partial charge in [0, 0.05) is 12.5 Å². The zero-order valence-corrected chi connectivity index (χ0v) is 10.8. The second-order valence-electron chi connectivity index (χ2n) is 4.12. The second kappa shape index (κ2) is 6.05. The Bertz CT molecular complexity index is 375. The van der Waals surface area contributed by atoms with Crippen molar-refractivity contribution in [2.45, 2.75) is 32.1 Å². The minimum absolute atomic E-state index is 0.172. The van der Waals surface area contributed by atoms with Crippen molar-refractivity contribution < 1.29 is 4.79 Å². The Labute approximate surface area is 105 Å². The van der Waals surface area contributed by atoms with Gasteiger partial charge in [0.2, 0.25) is 5.82 Å². The fourth-order valence-corrected chi connectivity index (χ4v) is 2.15. The van der Waals surface area contributed by atoms with Crippen LogP contribution in [0.25, 0.3) is 0 Å². The maximum absolute atomic E-state index is 11.7. The van der Waals surface area contributed by atoms with E-state index < -0.39 is 0 Å². The van der Waals surface area contributed by atoms with Crippen molar-refractivity contribution >= 4 is 17.7 Å². The Morgan fingerprint density at radius 1 is 1.59 bits per heavy atom. The number of thioether (sulfide) groups is 1. The predicted molar refractivity (Wildman–Crippen MR) is 68.3 cm³/mol. The maximum atomic E-state index is 11.7. The van der Waals surface area contributed by atoms with E-state index in [4.69, 9.17) is 0 Å². The summed E-state index contributed by atoms with van der Waals surface area (Å²) in [4.78, 5) is 15.9. The van der Waals surface area contributed by atoms with Gasteiger partial charge in [0.15, 0.2) is 0 Å². The van der Waals surface area contributed by atoms with Crippen LogP contribution in [0.1, 0.15) is 48.5 Å². The normalized spacial score (nSPS) is 14.9. The molecule has 0 aromatic carbocycles. The predicted octanol–water partition coefficient (Wildman–Crippen LogP) is 1.56. The summed E-state index contributed by atoms with van der Waals surface area (Å²) in [6.07, 6.45) is 3.30. The second-order valence-corrected chi connectivity index (χ2v) is 5.52. The molecule has 1 amide bonds. The van der Waals surface area contributed by atoms with Gasteiger partial charge in [-0.05, 0) is 30.8 Å². The topological polar surface area (TPSA) is 70.7 Å². The van der Waals surface area contributed by atoms with Gasteiger partial charge in [-0.25, -0.2) is 4.98 Å². The molecular weight excluding hydrogens is 236 g/mol. The van der Waals surface area contributed by atoms with Crippen LogP contribution < -0.4 is 5.32 Å². The quantitative estimate of drug-likeness (QED) is 0.724. The SMILES string of the molecule is CCSCCCNC(=O)c1n[nH]c(C2CC2)n1. The van der Waals surface area contributed by atoms with Crippen LogP contribution in [0.5, 0.6) is 0 Å². The number of nitrogens with zero attached hydrogens (tertiary/aromatic N) is 2. The first kappa shape index (κ1) is 12.4. The van der Waals surface area contributed by atoms with Crippen molar-refractivity contribution in [1.82, 2.24) is 20.5 Å². The first-order chi connectivity index (χ1) is 8.31. The van der Waals surface area contributed by atoms with Gasteiger partial charge in [-0.15, -0.1) is 5.10 Å². The van der Waals surface area contributed by atoms with Gasteiger partial charge in [0.05, 0.1) is 0 Å². The van der Waals surface area contributed by atoms with Gasteiger partial charge < -0.3 is 5.32 Å². The van der Waals surface area contributed by atoms with Crippen molar-refractivity contribution in [3.8, 4) is 0 Å². The molecule has 0 bridgehead atoms. The number of carbonyl (C=O) groups is 1. The van der Waals surface area contributed by atoms with Crippen molar-refractivity contribution in [3.63, 3.8) is 0 Å². The molecule has 0 unspecified atom stereocenters. The zero-order chi connectivity index (χ0) is 12.1. The Morgan fingerprint density at radius 2 is 2.41 bits per heavy atom. The van der Waals surface area contributed by atoms with Crippen LogP contribution in [-0.4, -0.2) is 39.1 Å². The summed E-state index contributed by atoms with van der Waals surface area (Å²) in [5.74, 6) is 3.67. The fraction of sp³-hybridized carbons (Fsp3) is 0.727. The molecule has 2 rings (SSSR count). The minimum atomic E-state index is -0.172. The van der Waals surface area contributed by atoms with Gasteiger partial charge in [0.25, 0.3) is 5.91 Å². The summed E-state index contributed by atoms with van der Waals surface area (Å²) in [6, 6.07) is 0. The van der Waals surface area contributed by atoms with Crippen LogP contribution in [0.15, 0.2) is 0 Å². The molecule has 0 radical (unpaired) electrons. The molecule has 0 saturated heterocycles. The number of hydrogen-bond acceptors (Lipinski definition) is 4. The number of H-pyrrole nitrogens is 1.